The molecule has 4 nitrogen and oxygen atoms in total. The monoisotopic (exact) mass is 280 g/mol. The fraction of sp³-hybridized carbons (Fsp3) is 0.176. The van der Waals surface area contributed by atoms with Gasteiger partial charge in [-0.2, -0.15) is 5.26 Å². The van der Waals surface area contributed by atoms with Gasteiger partial charge in [0.1, 0.15) is 5.75 Å². The molecule has 2 aromatic rings. The quantitative estimate of drug-likeness (QED) is 0.915. The van der Waals surface area contributed by atoms with Gasteiger partial charge < -0.3 is 10.1 Å². The molecular weight excluding hydrogens is 264 g/mol. The van der Waals surface area contributed by atoms with E-state index in [0.29, 0.717) is 17.9 Å². The molecule has 0 aliphatic heterocycles. The number of carbonyl (C=O) groups is 1. The molecule has 21 heavy (non-hydrogen) atoms. The van der Waals surface area contributed by atoms with Gasteiger partial charge in [-0.15, -0.1) is 0 Å². The van der Waals surface area contributed by atoms with Crippen molar-refractivity contribution >= 4 is 11.6 Å². The smallest absolute Gasteiger partial charge is 0.262 e. The number of para-hydroxylation sites is 1. The van der Waals surface area contributed by atoms with Gasteiger partial charge in [0, 0.05) is 5.69 Å². The van der Waals surface area contributed by atoms with Crippen LogP contribution >= 0.6 is 0 Å². The Kier molecular flexibility index (Phi) is 4.94. The number of hydrogen-bond acceptors (Lipinski definition) is 3. The van der Waals surface area contributed by atoms with Crippen LogP contribution in [-0.4, -0.2) is 12.5 Å². The van der Waals surface area contributed by atoms with Crippen LogP contribution in [0.2, 0.25) is 0 Å². The molecule has 1 N–H and O–H groups in total. The van der Waals surface area contributed by atoms with Crippen molar-refractivity contribution in [2.75, 3.05) is 11.9 Å². The van der Waals surface area contributed by atoms with Gasteiger partial charge in [0.25, 0.3) is 5.91 Å². The van der Waals surface area contributed by atoms with Crippen LogP contribution in [0, 0.1) is 18.3 Å². The van der Waals surface area contributed by atoms with Crippen molar-refractivity contribution in [3.63, 3.8) is 0 Å². The maximum absolute atomic E-state index is 11.8. The average molecular weight is 280 g/mol. The van der Waals surface area contributed by atoms with Crippen molar-refractivity contribution in [3.8, 4) is 11.8 Å². The average Bonchev–Trinajstić information content (AvgIpc) is 2.49. The predicted octanol–water partition coefficient (Wildman–Crippen LogP) is 3.08. The second kappa shape index (κ2) is 7.11. The molecule has 0 saturated heterocycles. The molecule has 0 spiro atoms. The fourth-order valence-electron chi connectivity index (χ4n) is 1.86. The highest BCUT2D eigenvalue weighted by atomic mass is 16.5. The number of nitrogens with zero attached hydrogens (tertiary/aromatic N) is 1. The molecule has 1 amide bonds. The van der Waals surface area contributed by atoms with Gasteiger partial charge in [-0.25, -0.2) is 0 Å². The first-order valence-corrected chi connectivity index (χ1v) is 6.63. The number of amides is 1. The van der Waals surface area contributed by atoms with Crippen LogP contribution < -0.4 is 10.1 Å². The zero-order chi connectivity index (χ0) is 15.1. The number of nitriles is 1. The zero-order valence-corrected chi connectivity index (χ0v) is 11.8. The van der Waals surface area contributed by atoms with Gasteiger partial charge in [-0.05, 0) is 36.2 Å². The first-order valence-electron chi connectivity index (χ1n) is 6.63. The predicted molar refractivity (Wildman–Crippen MR) is 81.1 cm³/mol. The van der Waals surface area contributed by atoms with Crippen LogP contribution in [-0.2, 0) is 11.2 Å². The minimum Gasteiger partial charge on any atom is -0.483 e. The highest BCUT2D eigenvalue weighted by Crippen LogP contribution is 2.16. The summed E-state index contributed by atoms with van der Waals surface area (Å²) < 4.78 is 5.48. The Morgan fingerprint density at radius 2 is 1.90 bits per heavy atom. The summed E-state index contributed by atoms with van der Waals surface area (Å²) in [7, 11) is 0. The Hall–Kier alpha value is -2.80. The van der Waals surface area contributed by atoms with E-state index in [-0.39, 0.29) is 12.5 Å². The third kappa shape index (κ3) is 4.36. The lowest BCUT2D eigenvalue weighted by atomic mass is 10.1. The lowest BCUT2D eigenvalue weighted by Gasteiger charge is -2.09. The third-order valence-electron chi connectivity index (χ3n) is 2.97. The number of anilines is 1. The largest absolute Gasteiger partial charge is 0.483 e. The van der Waals surface area contributed by atoms with E-state index in [1.54, 1.807) is 12.1 Å². The van der Waals surface area contributed by atoms with E-state index >= 15 is 0 Å². The second-order valence-corrected chi connectivity index (χ2v) is 4.63. The van der Waals surface area contributed by atoms with Crippen LogP contribution in [0.1, 0.15) is 11.1 Å². The molecule has 0 atom stereocenters. The molecule has 0 bridgehead atoms. The molecular formula is C17H16N2O2. The lowest BCUT2D eigenvalue weighted by Crippen LogP contribution is -2.20. The minimum atomic E-state index is -0.216. The standard InChI is InChI=1S/C17H16N2O2/c1-13-4-2-3-5-16(13)21-12-17(20)19-15-8-6-14(7-9-15)10-11-18/h2-9H,10,12H2,1H3,(H,19,20). The number of hydrogen-bond donors (Lipinski definition) is 1. The van der Waals surface area contributed by atoms with Crippen molar-refractivity contribution in [1.82, 2.24) is 0 Å². The second-order valence-electron chi connectivity index (χ2n) is 4.63. The van der Waals surface area contributed by atoms with Crippen LogP contribution in [0.25, 0.3) is 0 Å². The summed E-state index contributed by atoms with van der Waals surface area (Å²) in [6.07, 6.45) is 0.366. The number of nitrogens with one attached hydrogen (secondary N) is 1. The Balaban J connectivity index is 1.87. The highest BCUT2D eigenvalue weighted by molar-refractivity contribution is 5.91. The summed E-state index contributed by atoms with van der Waals surface area (Å²) in [6.45, 7) is 1.89. The number of carbonyl (C=O) groups excluding carboxylic acids is 1. The third-order valence-corrected chi connectivity index (χ3v) is 2.97. The number of benzene rings is 2. The maximum Gasteiger partial charge on any atom is 0.262 e. The molecule has 0 unspecified atom stereocenters. The first-order chi connectivity index (χ1) is 10.2. The van der Waals surface area contributed by atoms with Crippen molar-refractivity contribution < 1.29 is 9.53 Å². The van der Waals surface area contributed by atoms with E-state index in [4.69, 9.17) is 10.00 Å². The maximum atomic E-state index is 11.8. The SMILES string of the molecule is Cc1ccccc1OCC(=O)Nc1ccc(CC#N)cc1. The molecule has 106 valence electrons. The highest BCUT2D eigenvalue weighted by Gasteiger charge is 2.05. The number of aryl methyl sites for hydroxylation is 1. The van der Waals surface area contributed by atoms with Crippen LogP contribution in [0.4, 0.5) is 5.69 Å². The van der Waals surface area contributed by atoms with Gasteiger partial charge in [0.05, 0.1) is 12.5 Å². The zero-order valence-electron chi connectivity index (χ0n) is 11.8. The molecule has 0 aromatic heterocycles. The van der Waals surface area contributed by atoms with Crippen molar-refractivity contribution in [2.24, 2.45) is 0 Å². The van der Waals surface area contributed by atoms with E-state index in [1.807, 2.05) is 43.3 Å². The Bertz CT molecular complexity index is 657. The Morgan fingerprint density at radius 3 is 2.57 bits per heavy atom. The van der Waals surface area contributed by atoms with E-state index in [2.05, 4.69) is 11.4 Å². The van der Waals surface area contributed by atoms with Crippen molar-refractivity contribution in [1.29, 1.82) is 5.26 Å². The molecule has 0 heterocycles. The van der Waals surface area contributed by atoms with Gasteiger partial charge in [0.2, 0.25) is 0 Å². The minimum absolute atomic E-state index is 0.0369. The molecule has 0 aliphatic carbocycles. The van der Waals surface area contributed by atoms with Gasteiger partial charge in [-0.3, -0.25) is 4.79 Å². The molecule has 4 heteroatoms. The topological polar surface area (TPSA) is 62.1 Å². The fourth-order valence-corrected chi connectivity index (χ4v) is 1.86. The molecule has 0 saturated carbocycles. The van der Waals surface area contributed by atoms with Crippen molar-refractivity contribution in [2.45, 2.75) is 13.3 Å². The number of rotatable bonds is 5. The van der Waals surface area contributed by atoms with Gasteiger partial charge in [-0.1, -0.05) is 30.3 Å². The van der Waals surface area contributed by atoms with Crippen molar-refractivity contribution in [3.05, 3.63) is 59.7 Å². The molecule has 0 aliphatic rings. The number of ether oxygens (including phenoxy) is 1. The van der Waals surface area contributed by atoms with E-state index < -0.39 is 0 Å². The van der Waals surface area contributed by atoms with Crippen LogP contribution in [0.15, 0.2) is 48.5 Å². The molecule has 2 rings (SSSR count). The summed E-state index contributed by atoms with van der Waals surface area (Å²) in [5.74, 6) is 0.489. The summed E-state index contributed by atoms with van der Waals surface area (Å²) in [4.78, 5) is 11.8. The molecule has 2 aromatic carbocycles. The first kappa shape index (κ1) is 14.6. The van der Waals surface area contributed by atoms with Gasteiger partial charge in [0.15, 0.2) is 6.61 Å². The summed E-state index contributed by atoms with van der Waals surface area (Å²) >= 11 is 0. The van der Waals surface area contributed by atoms with Gasteiger partial charge >= 0.3 is 0 Å². The van der Waals surface area contributed by atoms with Crippen LogP contribution in [0.5, 0.6) is 5.75 Å². The van der Waals surface area contributed by atoms with E-state index in [9.17, 15) is 4.79 Å². The normalized spacial score (nSPS) is 9.71. The van der Waals surface area contributed by atoms with E-state index in [1.165, 1.54) is 0 Å². The lowest BCUT2D eigenvalue weighted by molar-refractivity contribution is -0.118. The summed E-state index contributed by atoms with van der Waals surface area (Å²) in [5, 5.41) is 11.4. The summed E-state index contributed by atoms with van der Waals surface area (Å²) in [6, 6.07) is 16.8. The molecule has 0 radical (unpaired) electrons. The van der Waals surface area contributed by atoms with E-state index in [0.717, 1.165) is 11.1 Å². The summed E-state index contributed by atoms with van der Waals surface area (Å²) in [5.41, 5.74) is 2.60. The Morgan fingerprint density at radius 1 is 1.19 bits per heavy atom. The Labute approximate surface area is 124 Å². The van der Waals surface area contributed by atoms with Crippen LogP contribution in [0.3, 0.4) is 0 Å². The molecule has 0 fully saturated rings.